The van der Waals surface area contributed by atoms with Crippen LogP contribution in [0.15, 0.2) is 49.6 Å². The molecule has 0 radical (unpaired) electrons. The number of allylic oxidation sites excluding steroid dienone is 2. The Morgan fingerprint density at radius 2 is 1.65 bits per heavy atom. The molecule has 0 atom stereocenters. The van der Waals surface area contributed by atoms with E-state index in [1.807, 2.05) is 12.1 Å². The molecule has 0 aliphatic heterocycles. The Morgan fingerprint density at radius 3 is 2.00 bits per heavy atom. The fraction of sp³-hybridized carbons (Fsp3) is 0.214. The third kappa shape index (κ3) is 2.56. The molecule has 3 nitrogen and oxygen atoms in total. The van der Waals surface area contributed by atoms with E-state index < -0.39 is 5.41 Å². The van der Waals surface area contributed by atoms with Gasteiger partial charge in [-0.2, -0.15) is 0 Å². The molecule has 1 aromatic carbocycles. The van der Waals surface area contributed by atoms with Gasteiger partial charge in [0, 0.05) is 5.69 Å². The molecule has 1 aromatic rings. The first-order chi connectivity index (χ1) is 8.06. The third-order valence-corrected chi connectivity index (χ3v) is 2.92. The fourth-order valence-corrected chi connectivity index (χ4v) is 1.96. The first-order valence-electron chi connectivity index (χ1n) is 5.44. The topological polar surface area (TPSA) is 69.1 Å². The van der Waals surface area contributed by atoms with Crippen molar-refractivity contribution in [3.05, 3.63) is 55.1 Å². The first-order valence-corrected chi connectivity index (χ1v) is 5.44. The number of anilines is 1. The molecule has 17 heavy (non-hydrogen) atoms. The van der Waals surface area contributed by atoms with Crippen LogP contribution >= 0.6 is 0 Å². The molecular formula is C14H18N2O. The average Bonchev–Trinajstić information content (AvgIpc) is 2.29. The largest absolute Gasteiger partial charge is 0.399 e. The van der Waals surface area contributed by atoms with Crippen LogP contribution in [-0.2, 0) is 10.2 Å². The maximum absolute atomic E-state index is 11.8. The zero-order valence-corrected chi connectivity index (χ0v) is 9.86. The van der Waals surface area contributed by atoms with Crippen LogP contribution in [0.1, 0.15) is 18.4 Å². The van der Waals surface area contributed by atoms with Crippen molar-refractivity contribution >= 4 is 11.6 Å². The number of amides is 1. The number of nitrogens with two attached hydrogens (primary N) is 2. The van der Waals surface area contributed by atoms with Crippen LogP contribution in [0, 0.1) is 0 Å². The van der Waals surface area contributed by atoms with E-state index in [9.17, 15) is 4.79 Å². The molecule has 0 saturated heterocycles. The van der Waals surface area contributed by atoms with Crippen molar-refractivity contribution in [3.63, 3.8) is 0 Å². The lowest BCUT2D eigenvalue weighted by Crippen LogP contribution is -2.40. The minimum atomic E-state index is -0.767. The highest BCUT2D eigenvalue weighted by Crippen LogP contribution is 2.33. The lowest BCUT2D eigenvalue weighted by molar-refractivity contribution is -0.123. The van der Waals surface area contributed by atoms with Gasteiger partial charge in [-0.3, -0.25) is 4.79 Å². The molecule has 1 rings (SSSR count). The van der Waals surface area contributed by atoms with E-state index in [0.29, 0.717) is 18.5 Å². The number of carbonyl (C=O) groups excluding carboxylic acids is 1. The van der Waals surface area contributed by atoms with E-state index in [-0.39, 0.29) is 5.91 Å². The zero-order valence-electron chi connectivity index (χ0n) is 9.86. The average molecular weight is 230 g/mol. The summed E-state index contributed by atoms with van der Waals surface area (Å²) < 4.78 is 0. The van der Waals surface area contributed by atoms with Gasteiger partial charge in [0.05, 0.1) is 5.41 Å². The number of carbonyl (C=O) groups is 1. The molecule has 0 spiro atoms. The Balaban J connectivity index is 3.28. The molecule has 1 amide bonds. The molecule has 0 unspecified atom stereocenters. The van der Waals surface area contributed by atoms with Gasteiger partial charge in [-0.05, 0) is 30.5 Å². The van der Waals surface area contributed by atoms with Crippen molar-refractivity contribution < 1.29 is 4.79 Å². The van der Waals surface area contributed by atoms with Crippen LogP contribution in [0.25, 0.3) is 0 Å². The summed E-state index contributed by atoms with van der Waals surface area (Å²) in [4.78, 5) is 11.8. The van der Waals surface area contributed by atoms with Gasteiger partial charge in [0.15, 0.2) is 0 Å². The van der Waals surface area contributed by atoms with Crippen molar-refractivity contribution in [3.8, 4) is 0 Å². The lowest BCUT2D eigenvalue weighted by atomic mass is 9.74. The standard InChI is InChI=1S/C14H18N2O/c1-3-9-14(10-4-2,13(16)17)11-5-7-12(15)8-6-11/h3-8H,1-2,9-10,15H2,(H2,16,17). The predicted molar refractivity (Wildman–Crippen MR) is 71.4 cm³/mol. The summed E-state index contributed by atoms with van der Waals surface area (Å²) in [5, 5.41) is 0. The molecule has 0 aliphatic rings. The van der Waals surface area contributed by atoms with Gasteiger partial charge in [0.2, 0.25) is 5.91 Å². The van der Waals surface area contributed by atoms with Crippen LogP contribution in [0.2, 0.25) is 0 Å². The van der Waals surface area contributed by atoms with Gasteiger partial charge < -0.3 is 11.5 Å². The molecule has 4 N–H and O–H groups in total. The Kier molecular flexibility index (Phi) is 4.10. The second kappa shape index (κ2) is 5.34. The first kappa shape index (κ1) is 13.0. The summed E-state index contributed by atoms with van der Waals surface area (Å²) in [5.41, 5.74) is 11.9. The monoisotopic (exact) mass is 230 g/mol. The number of benzene rings is 1. The lowest BCUT2D eigenvalue weighted by Gasteiger charge is -2.29. The summed E-state index contributed by atoms with van der Waals surface area (Å²) in [6.45, 7) is 7.37. The van der Waals surface area contributed by atoms with Gasteiger partial charge in [-0.1, -0.05) is 24.3 Å². The molecule has 0 heterocycles. The van der Waals surface area contributed by atoms with Gasteiger partial charge in [0.25, 0.3) is 0 Å². The highest BCUT2D eigenvalue weighted by Gasteiger charge is 2.35. The maximum atomic E-state index is 11.8. The maximum Gasteiger partial charge on any atom is 0.228 e. The third-order valence-electron chi connectivity index (χ3n) is 2.92. The highest BCUT2D eigenvalue weighted by molar-refractivity contribution is 5.87. The SMILES string of the molecule is C=CCC(CC=C)(C(N)=O)c1ccc(N)cc1. The van der Waals surface area contributed by atoms with Gasteiger partial charge >= 0.3 is 0 Å². The quantitative estimate of drug-likeness (QED) is 0.580. The Hall–Kier alpha value is -2.03. The summed E-state index contributed by atoms with van der Waals surface area (Å²) in [5.74, 6) is -0.373. The van der Waals surface area contributed by atoms with Crippen molar-refractivity contribution in [2.75, 3.05) is 5.73 Å². The van der Waals surface area contributed by atoms with Crippen LogP contribution in [0.4, 0.5) is 5.69 Å². The number of hydrogen-bond acceptors (Lipinski definition) is 2. The van der Waals surface area contributed by atoms with Crippen LogP contribution in [-0.4, -0.2) is 5.91 Å². The van der Waals surface area contributed by atoms with Gasteiger partial charge in [0.1, 0.15) is 0 Å². The molecule has 0 aromatic heterocycles. The van der Waals surface area contributed by atoms with Crippen LogP contribution in [0.5, 0.6) is 0 Å². The smallest absolute Gasteiger partial charge is 0.228 e. The van der Waals surface area contributed by atoms with E-state index in [1.165, 1.54) is 0 Å². The van der Waals surface area contributed by atoms with Crippen molar-refractivity contribution in [1.29, 1.82) is 0 Å². The number of hydrogen-bond donors (Lipinski definition) is 2. The second-order valence-electron chi connectivity index (χ2n) is 4.05. The van der Waals surface area contributed by atoms with Gasteiger partial charge in [-0.25, -0.2) is 0 Å². The summed E-state index contributed by atoms with van der Waals surface area (Å²) in [6, 6.07) is 7.18. The second-order valence-corrected chi connectivity index (χ2v) is 4.05. The zero-order chi connectivity index (χ0) is 12.9. The van der Waals surface area contributed by atoms with Crippen molar-refractivity contribution in [2.24, 2.45) is 5.73 Å². The summed E-state index contributed by atoms with van der Waals surface area (Å²) in [7, 11) is 0. The van der Waals surface area contributed by atoms with Crippen molar-refractivity contribution in [1.82, 2.24) is 0 Å². The number of primary amides is 1. The molecule has 0 bridgehead atoms. The van der Waals surface area contributed by atoms with Crippen LogP contribution in [0.3, 0.4) is 0 Å². The van der Waals surface area contributed by atoms with Gasteiger partial charge in [-0.15, -0.1) is 13.2 Å². The molecule has 3 heteroatoms. The minimum Gasteiger partial charge on any atom is -0.399 e. The molecule has 0 saturated carbocycles. The highest BCUT2D eigenvalue weighted by atomic mass is 16.1. The van der Waals surface area contributed by atoms with E-state index in [2.05, 4.69) is 13.2 Å². The Labute approximate surface area is 102 Å². The summed E-state index contributed by atoms with van der Waals surface area (Å²) in [6.07, 6.45) is 4.37. The van der Waals surface area contributed by atoms with E-state index in [4.69, 9.17) is 11.5 Å². The Bertz CT molecular complexity index is 410. The minimum absolute atomic E-state index is 0.373. The normalized spacial score (nSPS) is 10.8. The van der Waals surface area contributed by atoms with Crippen molar-refractivity contribution in [2.45, 2.75) is 18.3 Å². The van der Waals surface area contributed by atoms with E-state index in [0.717, 1.165) is 5.56 Å². The van der Waals surface area contributed by atoms with E-state index in [1.54, 1.807) is 24.3 Å². The molecular weight excluding hydrogens is 212 g/mol. The number of rotatable bonds is 6. The van der Waals surface area contributed by atoms with E-state index >= 15 is 0 Å². The fourth-order valence-electron chi connectivity index (χ4n) is 1.96. The van der Waals surface area contributed by atoms with Crippen LogP contribution < -0.4 is 11.5 Å². The molecule has 0 fully saturated rings. The molecule has 0 aliphatic carbocycles. The Morgan fingerprint density at radius 1 is 1.18 bits per heavy atom. The number of nitrogen functional groups attached to an aromatic ring is 1. The predicted octanol–water partition coefficient (Wildman–Crippen LogP) is 2.14. The summed E-state index contributed by atoms with van der Waals surface area (Å²) >= 11 is 0. The molecule has 90 valence electrons.